The predicted octanol–water partition coefficient (Wildman–Crippen LogP) is 0.199. The van der Waals surface area contributed by atoms with Gasteiger partial charge in [-0.25, -0.2) is 13.5 Å². The molecule has 72 valence electrons. The number of nitrogens with one attached hydrogen (secondary N) is 1. The Morgan fingerprint density at radius 2 is 2.31 bits per heavy atom. The molecule has 0 amide bonds. The number of rotatable bonds is 3. The Hall–Kier alpha value is -1.66. The lowest BCUT2D eigenvalue weighted by Gasteiger charge is -1.96. The van der Waals surface area contributed by atoms with Gasteiger partial charge in [0.15, 0.2) is 0 Å². The van der Waals surface area contributed by atoms with Crippen LogP contribution in [0.1, 0.15) is 12.1 Å². The zero-order valence-electron chi connectivity index (χ0n) is 6.33. The standard InChI is InChI=1S/C6H6F2N2O3/c7-6(8)3-1-4(11)10(9-3)2-5(12)13/h1,6,9H,2H2,(H,12,13). The molecule has 0 bridgehead atoms. The minimum absolute atomic E-state index is 0.578. The quantitative estimate of drug-likeness (QED) is 0.718. The Balaban J connectivity index is 2.97. The third-order valence-electron chi connectivity index (χ3n) is 1.34. The lowest BCUT2D eigenvalue weighted by atomic mass is 10.5. The van der Waals surface area contributed by atoms with E-state index in [2.05, 4.69) is 0 Å². The lowest BCUT2D eigenvalue weighted by molar-refractivity contribution is -0.138. The van der Waals surface area contributed by atoms with Gasteiger partial charge in [0.05, 0.1) is 0 Å². The van der Waals surface area contributed by atoms with Gasteiger partial charge in [0, 0.05) is 6.07 Å². The summed E-state index contributed by atoms with van der Waals surface area (Å²) < 4.78 is 24.5. The number of carbonyl (C=O) groups is 1. The van der Waals surface area contributed by atoms with Crippen molar-refractivity contribution in [3.63, 3.8) is 0 Å². The SMILES string of the molecule is O=C(O)Cn1[nH]c(C(F)F)cc1=O. The highest BCUT2D eigenvalue weighted by Gasteiger charge is 2.13. The fourth-order valence-electron chi connectivity index (χ4n) is 0.819. The van der Waals surface area contributed by atoms with Gasteiger partial charge in [-0.1, -0.05) is 0 Å². The molecule has 0 spiro atoms. The van der Waals surface area contributed by atoms with Crippen molar-refractivity contribution >= 4 is 5.97 Å². The summed E-state index contributed by atoms with van der Waals surface area (Å²) in [7, 11) is 0. The van der Waals surface area contributed by atoms with Gasteiger partial charge < -0.3 is 5.11 Å². The summed E-state index contributed by atoms with van der Waals surface area (Å²) in [5.74, 6) is -1.27. The van der Waals surface area contributed by atoms with Gasteiger partial charge in [-0.05, 0) is 0 Å². The topological polar surface area (TPSA) is 75.1 Å². The Morgan fingerprint density at radius 1 is 1.69 bits per heavy atom. The van der Waals surface area contributed by atoms with E-state index in [4.69, 9.17) is 5.11 Å². The Morgan fingerprint density at radius 3 is 2.69 bits per heavy atom. The zero-order valence-corrected chi connectivity index (χ0v) is 6.33. The minimum Gasteiger partial charge on any atom is -0.480 e. The predicted molar refractivity (Wildman–Crippen MR) is 37.6 cm³/mol. The van der Waals surface area contributed by atoms with Crippen LogP contribution < -0.4 is 5.56 Å². The van der Waals surface area contributed by atoms with Crippen LogP contribution >= 0.6 is 0 Å². The van der Waals surface area contributed by atoms with Crippen LogP contribution in [-0.4, -0.2) is 20.9 Å². The van der Waals surface area contributed by atoms with Crippen LogP contribution in [0.4, 0.5) is 8.78 Å². The molecule has 1 rings (SSSR count). The van der Waals surface area contributed by atoms with Gasteiger partial charge in [-0.15, -0.1) is 0 Å². The molecule has 1 heterocycles. The number of hydrogen-bond acceptors (Lipinski definition) is 2. The van der Waals surface area contributed by atoms with E-state index < -0.39 is 30.2 Å². The summed E-state index contributed by atoms with van der Waals surface area (Å²) in [5.41, 5.74) is -1.36. The van der Waals surface area contributed by atoms with E-state index in [-0.39, 0.29) is 0 Å². The fourth-order valence-corrected chi connectivity index (χ4v) is 0.819. The van der Waals surface area contributed by atoms with Crippen LogP contribution in [0.25, 0.3) is 0 Å². The molecule has 0 aliphatic rings. The summed E-state index contributed by atoms with van der Waals surface area (Å²) in [6, 6.07) is 0.674. The number of aromatic nitrogens is 2. The first-order chi connectivity index (χ1) is 6.00. The normalized spacial score (nSPS) is 10.7. The van der Waals surface area contributed by atoms with Crippen molar-refractivity contribution in [2.24, 2.45) is 0 Å². The van der Waals surface area contributed by atoms with E-state index in [0.717, 1.165) is 0 Å². The summed E-state index contributed by atoms with van der Waals surface area (Å²) in [6.45, 7) is -0.647. The van der Waals surface area contributed by atoms with Gasteiger partial charge >= 0.3 is 5.97 Å². The number of nitrogens with zero attached hydrogens (tertiary/aromatic N) is 1. The maximum atomic E-state index is 12.0. The van der Waals surface area contributed by atoms with Crippen LogP contribution in [-0.2, 0) is 11.3 Å². The van der Waals surface area contributed by atoms with Crippen LogP contribution in [0, 0.1) is 0 Å². The summed E-state index contributed by atoms with van der Waals surface area (Å²) in [4.78, 5) is 20.9. The Labute approximate surface area is 70.6 Å². The van der Waals surface area contributed by atoms with Crippen molar-refractivity contribution in [1.29, 1.82) is 0 Å². The molecule has 0 saturated heterocycles. The number of aliphatic carboxylic acids is 1. The van der Waals surface area contributed by atoms with Gasteiger partial charge in [0.1, 0.15) is 12.2 Å². The second-order valence-corrected chi connectivity index (χ2v) is 2.33. The molecule has 1 aromatic heterocycles. The Kier molecular flexibility index (Phi) is 2.45. The molecule has 5 nitrogen and oxygen atoms in total. The average molecular weight is 192 g/mol. The van der Waals surface area contributed by atoms with Crippen LogP contribution in [0.3, 0.4) is 0 Å². The number of carboxylic acid groups (broad SMARTS) is 1. The molecule has 1 aromatic rings. The molecular formula is C6H6F2N2O3. The van der Waals surface area contributed by atoms with Gasteiger partial charge in [0.2, 0.25) is 0 Å². The molecule has 0 aliphatic carbocycles. The number of alkyl halides is 2. The number of aromatic amines is 1. The lowest BCUT2D eigenvalue weighted by Crippen LogP contribution is -2.20. The molecule has 0 aliphatic heterocycles. The van der Waals surface area contributed by atoms with Crippen molar-refractivity contribution in [3.05, 3.63) is 22.1 Å². The molecule has 0 aromatic carbocycles. The third kappa shape index (κ3) is 2.14. The van der Waals surface area contributed by atoms with E-state index in [9.17, 15) is 18.4 Å². The average Bonchev–Trinajstić information content (AvgIpc) is 2.31. The summed E-state index contributed by atoms with van der Waals surface area (Å²) >= 11 is 0. The molecule has 13 heavy (non-hydrogen) atoms. The van der Waals surface area contributed by atoms with Crippen LogP contribution in [0.2, 0.25) is 0 Å². The molecule has 0 radical (unpaired) electrons. The number of halogens is 2. The summed E-state index contributed by atoms with van der Waals surface area (Å²) in [5, 5.41) is 10.3. The number of H-pyrrole nitrogens is 1. The second kappa shape index (κ2) is 3.38. The van der Waals surface area contributed by atoms with Crippen LogP contribution in [0.15, 0.2) is 10.9 Å². The second-order valence-electron chi connectivity index (χ2n) is 2.33. The third-order valence-corrected chi connectivity index (χ3v) is 1.34. The van der Waals surface area contributed by atoms with Gasteiger partial charge in [-0.3, -0.25) is 14.7 Å². The molecular weight excluding hydrogens is 186 g/mol. The largest absolute Gasteiger partial charge is 0.480 e. The van der Waals surface area contributed by atoms with Crippen LogP contribution in [0.5, 0.6) is 0 Å². The van der Waals surface area contributed by atoms with Crippen molar-refractivity contribution in [2.45, 2.75) is 13.0 Å². The molecule has 0 fully saturated rings. The van der Waals surface area contributed by atoms with Crippen molar-refractivity contribution < 1.29 is 18.7 Å². The Bertz CT molecular complexity index is 368. The highest BCUT2D eigenvalue weighted by atomic mass is 19.3. The first kappa shape index (κ1) is 9.43. The highest BCUT2D eigenvalue weighted by molar-refractivity contribution is 5.66. The zero-order chi connectivity index (χ0) is 10.0. The van der Waals surface area contributed by atoms with Gasteiger partial charge in [0.25, 0.3) is 12.0 Å². The molecule has 0 unspecified atom stereocenters. The maximum absolute atomic E-state index is 12.0. The molecule has 2 N–H and O–H groups in total. The fraction of sp³-hybridized carbons (Fsp3) is 0.333. The van der Waals surface area contributed by atoms with E-state index in [0.29, 0.717) is 10.7 Å². The molecule has 0 atom stereocenters. The smallest absolute Gasteiger partial charge is 0.325 e. The van der Waals surface area contributed by atoms with E-state index in [1.54, 1.807) is 0 Å². The summed E-state index contributed by atoms with van der Waals surface area (Å²) in [6.07, 6.45) is -2.80. The van der Waals surface area contributed by atoms with E-state index in [1.165, 1.54) is 0 Å². The van der Waals surface area contributed by atoms with Crippen molar-refractivity contribution in [2.75, 3.05) is 0 Å². The molecule has 7 heteroatoms. The molecule has 0 saturated carbocycles. The van der Waals surface area contributed by atoms with Crippen molar-refractivity contribution in [3.8, 4) is 0 Å². The van der Waals surface area contributed by atoms with E-state index in [1.807, 2.05) is 5.10 Å². The number of carboxylic acids is 1. The number of hydrogen-bond donors (Lipinski definition) is 2. The van der Waals surface area contributed by atoms with E-state index >= 15 is 0 Å². The monoisotopic (exact) mass is 192 g/mol. The van der Waals surface area contributed by atoms with Crippen molar-refractivity contribution in [1.82, 2.24) is 9.78 Å². The first-order valence-electron chi connectivity index (χ1n) is 3.30. The highest BCUT2D eigenvalue weighted by Crippen LogP contribution is 2.13. The first-order valence-corrected chi connectivity index (χ1v) is 3.30. The van der Waals surface area contributed by atoms with Gasteiger partial charge in [-0.2, -0.15) is 0 Å². The minimum atomic E-state index is -2.80. The maximum Gasteiger partial charge on any atom is 0.325 e.